The van der Waals surface area contributed by atoms with Crippen LogP contribution in [0.25, 0.3) is 0 Å². The summed E-state index contributed by atoms with van der Waals surface area (Å²) in [6.45, 7) is 0. The molecule has 0 aromatic carbocycles. The van der Waals surface area contributed by atoms with E-state index in [1.54, 1.807) is 0 Å². The molecule has 1 rings (SSSR count). The second kappa shape index (κ2) is 1.90. The standard InChI is InChI=1S/C3H4AsP/c1-2-5-3-4-1/h2-3H,1H2. The van der Waals surface area contributed by atoms with Gasteiger partial charge in [-0.05, 0) is 0 Å². The predicted octanol–water partition coefficient (Wildman–Crippen LogP) is 0.631. The summed E-state index contributed by atoms with van der Waals surface area (Å²) in [7, 11) is 1.48. The molecule has 0 spiro atoms. The Hall–Kier alpha value is 0.598. The van der Waals surface area contributed by atoms with Crippen LogP contribution in [-0.4, -0.2) is 25.7 Å². The van der Waals surface area contributed by atoms with Gasteiger partial charge in [0, 0.05) is 0 Å². The van der Waals surface area contributed by atoms with E-state index in [1.165, 1.54) is 13.4 Å². The van der Waals surface area contributed by atoms with Crippen molar-refractivity contribution >= 4 is 33.9 Å². The van der Waals surface area contributed by atoms with Gasteiger partial charge in [0.25, 0.3) is 0 Å². The van der Waals surface area contributed by atoms with Crippen molar-refractivity contribution in [3.05, 3.63) is 0 Å². The van der Waals surface area contributed by atoms with E-state index in [-0.39, 0.29) is 0 Å². The van der Waals surface area contributed by atoms with Gasteiger partial charge in [-0.1, -0.05) is 0 Å². The summed E-state index contributed by atoms with van der Waals surface area (Å²) in [6.07, 6.45) is 0. The number of hydrogen-bond donors (Lipinski definition) is 0. The van der Waals surface area contributed by atoms with E-state index < -0.39 is 0 Å². The van der Waals surface area contributed by atoms with Gasteiger partial charge >= 0.3 is 39.1 Å². The van der Waals surface area contributed by atoms with Crippen LogP contribution < -0.4 is 0 Å². The summed E-state index contributed by atoms with van der Waals surface area (Å²) in [5.74, 6) is 2.32. The first-order valence-corrected chi connectivity index (χ1v) is 4.94. The van der Waals surface area contributed by atoms with Gasteiger partial charge < -0.3 is 0 Å². The van der Waals surface area contributed by atoms with Crippen LogP contribution in [0.15, 0.2) is 0 Å². The maximum absolute atomic E-state index is 2.37. The van der Waals surface area contributed by atoms with Crippen LogP contribution in [0.5, 0.6) is 0 Å². The molecule has 1 heterocycles. The zero-order chi connectivity index (χ0) is 3.54. The molecule has 0 saturated heterocycles. The van der Waals surface area contributed by atoms with E-state index in [4.69, 9.17) is 0 Å². The van der Waals surface area contributed by atoms with E-state index >= 15 is 0 Å². The van der Waals surface area contributed by atoms with Gasteiger partial charge in [0.2, 0.25) is 0 Å². The predicted molar refractivity (Wildman–Crippen MR) is 29.6 cm³/mol. The van der Waals surface area contributed by atoms with E-state index in [0.29, 0.717) is 15.3 Å². The first-order valence-electron chi connectivity index (χ1n) is 1.50. The first-order chi connectivity index (χ1) is 2.50. The molecule has 0 aromatic heterocycles. The van der Waals surface area contributed by atoms with Gasteiger partial charge in [0.1, 0.15) is 0 Å². The SMILES string of the molecule is C1=PC=[As]C1. The van der Waals surface area contributed by atoms with Gasteiger partial charge in [0.05, 0.1) is 0 Å². The Balaban J connectivity index is 2.61. The van der Waals surface area contributed by atoms with Crippen molar-refractivity contribution in [2.24, 2.45) is 0 Å². The molecule has 0 aliphatic carbocycles. The van der Waals surface area contributed by atoms with Gasteiger partial charge in [-0.2, -0.15) is 0 Å². The average molecular weight is 146 g/mol. The molecule has 0 amide bonds. The fraction of sp³-hybridized carbons (Fsp3) is 0.333. The molecule has 0 N–H and O–H groups in total. The minimum absolute atomic E-state index is 0.661. The van der Waals surface area contributed by atoms with Crippen LogP contribution in [0.3, 0.4) is 0 Å². The summed E-state index contributed by atoms with van der Waals surface area (Å²) in [6, 6.07) is 0. The molecule has 0 saturated carbocycles. The fourth-order valence-corrected chi connectivity index (χ4v) is 3.67. The van der Waals surface area contributed by atoms with Gasteiger partial charge in [0.15, 0.2) is 0 Å². The maximum atomic E-state index is 2.37. The zero-order valence-electron chi connectivity index (χ0n) is 2.76. The van der Waals surface area contributed by atoms with Crippen molar-refractivity contribution in [2.75, 3.05) is 0 Å². The van der Waals surface area contributed by atoms with Crippen molar-refractivity contribution in [1.29, 1.82) is 0 Å². The molecule has 0 nitrogen and oxygen atoms in total. The molecule has 1 aliphatic heterocycles. The Morgan fingerprint density at radius 3 is 3.00 bits per heavy atom. The fourth-order valence-electron chi connectivity index (χ4n) is 0.236. The van der Waals surface area contributed by atoms with Crippen molar-refractivity contribution < 1.29 is 0 Å². The average Bonchev–Trinajstić information content (AvgIpc) is 1.76. The normalized spacial score (nSPS) is 24.0. The minimum atomic E-state index is 0.661. The Morgan fingerprint density at radius 2 is 2.80 bits per heavy atom. The molecule has 0 radical (unpaired) electrons. The third-order valence-corrected chi connectivity index (χ3v) is 4.45. The Morgan fingerprint density at radius 1 is 1.80 bits per heavy atom. The number of rotatable bonds is 0. The van der Waals surface area contributed by atoms with Crippen molar-refractivity contribution in [1.82, 2.24) is 0 Å². The Kier molecular flexibility index (Phi) is 1.44. The molecule has 0 unspecified atom stereocenters. The topological polar surface area (TPSA) is 0 Å². The summed E-state index contributed by atoms with van der Waals surface area (Å²) in [5, 5.41) is 1.40. The van der Waals surface area contributed by atoms with Gasteiger partial charge in [-0.15, -0.1) is 0 Å². The molecule has 5 heavy (non-hydrogen) atoms. The van der Waals surface area contributed by atoms with Crippen LogP contribution in [0.2, 0.25) is 5.21 Å². The third kappa shape index (κ3) is 0.991. The van der Waals surface area contributed by atoms with Crippen molar-refractivity contribution in [3.63, 3.8) is 0 Å². The van der Waals surface area contributed by atoms with Gasteiger partial charge in [-0.25, -0.2) is 0 Å². The molecular formula is C3H4AsP. The van der Waals surface area contributed by atoms with Crippen molar-refractivity contribution in [2.45, 2.75) is 5.21 Å². The Bertz CT molecular complexity index is 65.0. The summed E-state index contributed by atoms with van der Waals surface area (Å²) < 4.78 is 2.37. The molecule has 1 aliphatic rings. The van der Waals surface area contributed by atoms with E-state index in [0.717, 1.165) is 0 Å². The second-order valence-corrected chi connectivity index (χ2v) is 4.69. The van der Waals surface area contributed by atoms with Crippen LogP contribution in [0, 0.1) is 0 Å². The molecule has 0 bridgehead atoms. The van der Waals surface area contributed by atoms with Crippen molar-refractivity contribution in [3.8, 4) is 0 Å². The summed E-state index contributed by atoms with van der Waals surface area (Å²) in [4.78, 5) is 0. The van der Waals surface area contributed by atoms with Crippen LogP contribution in [-0.2, 0) is 0 Å². The monoisotopic (exact) mass is 146 g/mol. The molecule has 26 valence electrons. The first kappa shape index (κ1) is 3.78. The third-order valence-electron chi connectivity index (χ3n) is 0.441. The van der Waals surface area contributed by atoms with E-state index in [9.17, 15) is 0 Å². The quantitative estimate of drug-likeness (QED) is 0.347. The number of hydrogen-bond acceptors (Lipinski definition) is 0. The van der Waals surface area contributed by atoms with Crippen LogP contribution in [0.4, 0.5) is 0 Å². The second-order valence-electron chi connectivity index (χ2n) is 0.812. The summed E-state index contributed by atoms with van der Waals surface area (Å²) in [5.41, 5.74) is 0. The zero-order valence-corrected chi connectivity index (χ0v) is 5.53. The summed E-state index contributed by atoms with van der Waals surface area (Å²) >= 11 is 0.661. The van der Waals surface area contributed by atoms with Crippen LogP contribution >= 0.6 is 8.20 Å². The molecule has 0 aromatic rings. The van der Waals surface area contributed by atoms with E-state index in [1.807, 2.05) is 0 Å². The Labute approximate surface area is 39.6 Å². The molecule has 2 heteroatoms. The van der Waals surface area contributed by atoms with E-state index in [2.05, 4.69) is 10.3 Å². The van der Waals surface area contributed by atoms with Crippen LogP contribution in [0.1, 0.15) is 0 Å². The molecule has 0 fully saturated rings. The molecule has 0 atom stereocenters. The molecular weight excluding hydrogens is 142 g/mol. The van der Waals surface area contributed by atoms with Gasteiger partial charge in [-0.3, -0.25) is 0 Å².